The molecule has 0 spiro atoms. The standard InChI is InChI=1S/C24H23N3O7/c1-34-18-11-9-15(10-12-18)21(28)14-25(22(29)16-5-4-6-17(13-16)27(32)33)26-23(30)19-7-2-3-8-20(19)24(26)31/h4-6,9-13,19-20H,2-3,7-8,14H2,1H3/t19-,20+. The largest absolute Gasteiger partial charge is 0.497 e. The molecule has 1 heterocycles. The van der Waals surface area contributed by atoms with Crippen molar-refractivity contribution in [3.05, 3.63) is 69.8 Å². The lowest BCUT2D eigenvalue weighted by Crippen LogP contribution is -2.52. The fourth-order valence-corrected chi connectivity index (χ4v) is 4.52. The van der Waals surface area contributed by atoms with E-state index in [-0.39, 0.29) is 16.8 Å². The first-order valence-electron chi connectivity index (χ1n) is 10.9. The summed E-state index contributed by atoms with van der Waals surface area (Å²) in [5, 5.41) is 12.8. The summed E-state index contributed by atoms with van der Waals surface area (Å²) in [6.07, 6.45) is 2.68. The molecule has 2 fully saturated rings. The van der Waals surface area contributed by atoms with Crippen molar-refractivity contribution in [2.75, 3.05) is 13.7 Å². The van der Waals surface area contributed by atoms with Crippen LogP contribution in [0.3, 0.4) is 0 Å². The van der Waals surface area contributed by atoms with Gasteiger partial charge in [-0.1, -0.05) is 18.9 Å². The number of carbonyl (C=O) groups is 4. The average molecular weight is 465 g/mol. The molecule has 1 saturated heterocycles. The molecule has 3 amide bonds. The van der Waals surface area contributed by atoms with Gasteiger partial charge in [-0.25, -0.2) is 5.01 Å². The van der Waals surface area contributed by atoms with E-state index in [1.165, 1.54) is 37.4 Å². The molecule has 2 aromatic carbocycles. The van der Waals surface area contributed by atoms with E-state index in [1.807, 2.05) is 0 Å². The molecular weight excluding hydrogens is 442 g/mol. The number of imide groups is 1. The number of methoxy groups -OCH3 is 1. The van der Waals surface area contributed by atoms with E-state index in [4.69, 9.17) is 4.74 Å². The Morgan fingerprint density at radius 2 is 1.65 bits per heavy atom. The van der Waals surface area contributed by atoms with Crippen LogP contribution in [-0.4, -0.2) is 52.1 Å². The first kappa shape index (κ1) is 23.1. The Hall–Kier alpha value is -4.08. The monoisotopic (exact) mass is 465 g/mol. The van der Waals surface area contributed by atoms with E-state index in [1.54, 1.807) is 12.1 Å². The predicted octanol–water partition coefficient (Wildman–Crippen LogP) is 3.02. The molecule has 34 heavy (non-hydrogen) atoms. The zero-order chi connectivity index (χ0) is 24.4. The number of nitro benzene ring substituents is 1. The number of hydrogen-bond donors (Lipinski definition) is 0. The van der Waals surface area contributed by atoms with Gasteiger partial charge >= 0.3 is 0 Å². The normalized spacial score (nSPS) is 19.5. The highest BCUT2D eigenvalue weighted by Gasteiger charge is 2.51. The number of ketones is 1. The van der Waals surface area contributed by atoms with Gasteiger partial charge in [-0.05, 0) is 43.2 Å². The maximum Gasteiger partial charge on any atom is 0.273 e. The Morgan fingerprint density at radius 1 is 1.03 bits per heavy atom. The second-order valence-electron chi connectivity index (χ2n) is 8.31. The number of hydrogen-bond acceptors (Lipinski definition) is 7. The number of rotatable bonds is 7. The smallest absolute Gasteiger partial charge is 0.273 e. The third-order valence-electron chi connectivity index (χ3n) is 6.30. The summed E-state index contributed by atoms with van der Waals surface area (Å²) in [6, 6.07) is 11.2. The predicted molar refractivity (Wildman–Crippen MR) is 119 cm³/mol. The van der Waals surface area contributed by atoms with Crippen LogP contribution in [0, 0.1) is 22.0 Å². The lowest BCUT2D eigenvalue weighted by molar-refractivity contribution is -0.384. The van der Waals surface area contributed by atoms with Crippen LogP contribution in [0.15, 0.2) is 48.5 Å². The molecule has 2 atom stereocenters. The molecule has 2 aliphatic rings. The molecule has 0 aromatic heterocycles. The minimum absolute atomic E-state index is 0.104. The van der Waals surface area contributed by atoms with Gasteiger partial charge < -0.3 is 4.74 Å². The number of carbonyl (C=O) groups excluding carboxylic acids is 4. The molecule has 1 saturated carbocycles. The fourth-order valence-electron chi connectivity index (χ4n) is 4.52. The van der Waals surface area contributed by atoms with Crippen LogP contribution in [0.25, 0.3) is 0 Å². The summed E-state index contributed by atoms with van der Waals surface area (Å²) >= 11 is 0. The number of nitrogens with zero attached hydrogens (tertiary/aromatic N) is 3. The average Bonchev–Trinajstić information content (AvgIpc) is 3.12. The van der Waals surface area contributed by atoms with E-state index >= 15 is 0 Å². The Kier molecular flexibility index (Phi) is 6.40. The summed E-state index contributed by atoms with van der Waals surface area (Å²) in [6.45, 7) is -0.579. The number of Topliss-reactive ketones (excluding diaryl/α,β-unsaturated/α-hetero) is 1. The number of hydrazine groups is 1. The van der Waals surface area contributed by atoms with Crippen LogP contribution in [0.2, 0.25) is 0 Å². The van der Waals surface area contributed by atoms with Crippen LogP contribution < -0.4 is 4.74 Å². The third kappa shape index (κ3) is 4.26. The SMILES string of the molecule is COc1ccc(C(=O)CN(C(=O)c2cccc([N+](=O)[O-])c2)N2C(=O)[C@H]3CCCC[C@H]3C2=O)cc1. The lowest BCUT2D eigenvalue weighted by atomic mass is 9.81. The van der Waals surface area contributed by atoms with Crippen molar-refractivity contribution >= 4 is 29.2 Å². The van der Waals surface area contributed by atoms with Crippen molar-refractivity contribution in [2.24, 2.45) is 11.8 Å². The quantitative estimate of drug-likeness (QED) is 0.266. The molecule has 0 bridgehead atoms. The first-order valence-corrected chi connectivity index (χ1v) is 10.9. The van der Waals surface area contributed by atoms with Crippen LogP contribution in [-0.2, 0) is 9.59 Å². The molecule has 1 aliphatic heterocycles. The van der Waals surface area contributed by atoms with Gasteiger partial charge in [-0.2, -0.15) is 5.01 Å². The summed E-state index contributed by atoms with van der Waals surface area (Å²) in [7, 11) is 1.49. The van der Waals surface area contributed by atoms with Gasteiger partial charge in [-0.15, -0.1) is 0 Å². The first-order chi connectivity index (χ1) is 16.3. The van der Waals surface area contributed by atoms with Crippen LogP contribution in [0.4, 0.5) is 5.69 Å². The zero-order valence-electron chi connectivity index (χ0n) is 18.5. The van der Waals surface area contributed by atoms with E-state index in [0.29, 0.717) is 18.6 Å². The van der Waals surface area contributed by atoms with Crippen molar-refractivity contribution in [1.82, 2.24) is 10.0 Å². The highest BCUT2D eigenvalue weighted by atomic mass is 16.6. The summed E-state index contributed by atoms with van der Waals surface area (Å²) in [5.41, 5.74) is -0.165. The van der Waals surface area contributed by atoms with Gasteiger partial charge in [0.15, 0.2) is 5.78 Å². The second kappa shape index (κ2) is 9.42. The van der Waals surface area contributed by atoms with Gasteiger partial charge in [0.25, 0.3) is 23.4 Å². The van der Waals surface area contributed by atoms with E-state index in [9.17, 15) is 29.3 Å². The van der Waals surface area contributed by atoms with Crippen molar-refractivity contribution in [1.29, 1.82) is 0 Å². The Labute approximate surface area is 195 Å². The Morgan fingerprint density at radius 3 is 2.21 bits per heavy atom. The highest BCUT2D eigenvalue weighted by molar-refractivity contribution is 6.09. The summed E-state index contributed by atoms with van der Waals surface area (Å²) < 4.78 is 5.09. The molecule has 4 rings (SSSR count). The van der Waals surface area contributed by atoms with E-state index < -0.39 is 46.8 Å². The molecule has 0 N–H and O–H groups in total. The molecule has 10 nitrogen and oxygen atoms in total. The minimum Gasteiger partial charge on any atom is -0.497 e. The Bertz CT molecular complexity index is 1140. The molecule has 1 aliphatic carbocycles. The van der Waals surface area contributed by atoms with Crippen LogP contribution in [0.1, 0.15) is 46.4 Å². The number of nitro groups is 1. The van der Waals surface area contributed by atoms with Crippen molar-refractivity contribution in [3.8, 4) is 5.75 Å². The number of amides is 3. The van der Waals surface area contributed by atoms with Crippen LogP contribution >= 0.6 is 0 Å². The van der Waals surface area contributed by atoms with Gasteiger partial charge in [0.05, 0.1) is 23.9 Å². The molecule has 0 radical (unpaired) electrons. The van der Waals surface area contributed by atoms with Gasteiger partial charge in [0.2, 0.25) is 0 Å². The fraction of sp³-hybridized carbons (Fsp3) is 0.333. The van der Waals surface area contributed by atoms with Crippen molar-refractivity contribution in [2.45, 2.75) is 25.7 Å². The number of fused-ring (bicyclic) bond motifs is 1. The molecule has 0 unspecified atom stereocenters. The van der Waals surface area contributed by atoms with Gasteiger partial charge in [0, 0.05) is 23.3 Å². The molecule has 2 aromatic rings. The number of benzene rings is 2. The Balaban J connectivity index is 1.70. The molecule has 10 heteroatoms. The molecular formula is C24H23N3O7. The van der Waals surface area contributed by atoms with Crippen molar-refractivity contribution in [3.63, 3.8) is 0 Å². The third-order valence-corrected chi connectivity index (χ3v) is 6.30. The van der Waals surface area contributed by atoms with Crippen LogP contribution in [0.5, 0.6) is 5.75 Å². The van der Waals surface area contributed by atoms with E-state index in [2.05, 4.69) is 0 Å². The van der Waals surface area contributed by atoms with Crippen molar-refractivity contribution < 1.29 is 28.8 Å². The lowest BCUT2D eigenvalue weighted by Gasteiger charge is -2.30. The maximum atomic E-state index is 13.5. The zero-order valence-corrected chi connectivity index (χ0v) is 18.5. The van der Waals surface area contributed by atoms with E-state index in [0.717, 1.165) is 28.9 Å². The molecule has 176 valence electrons. The maximum absolute atomic E-state index is 13.5. The number of non-ortho nitro benzene ring substituents is 1. The topological polar surface area (TPSA) is 127 Å². The number of ether oxygens (including phenoxy) is 1. The highest BCUT2D eigenvalue weighted by Crippen LogP contribution is 2.39. The van der Waals surface area contributed by atoms with Gasteiger partial charge in [0.1, 0.15) is 12.3 Å². The van der Waals surface area contributed by atoms with Gasteiger partial charge in [-0.3, -0.25) is 29.3 Å². The second-order valence-corrected chi connectivity index (χ2v) is 8.31. The minimum atomic E-state index is -0.842. The summed E-state index contributed by atoms with van der Waals surface area (Å²) in [4.78, 5) is 63.4. The summed E-state index contributed by atoms with van der Waals surface area (Å²) in [5.74, 6) is -2.90.